The van der Waals surface area contributed by atoms with Gasteiger partial charge in [-0.15, -0.1) is 24.0 Å². The van der Waals surface area contributed by atoms with Crippen LogP contribution in [-0.4, -0.2) is 45.1 Å². The normalized spacial score (nSPS) is 12.8. The average molecular weight is 408 g/mol. The minimum atomic E-state index is -0.209. The molecule has 0 radical (unpaired) electrons. The molecule has 120 valence electrons. The third-order valence-corrected chi connectivity index (χ3v) is 3.11. The van der Waals surface area contributed by atoms with Gasteiger partial charge in [0, 0.05) is 20.1 Å². The van der Waals surface area contributed by atoms with Gasteiger partial charge in [-0.3, -0.25) is 4.99 Å². The van der Waals surface area contributed by atoms with Gasteiger partial charge in [0.2, 0.25) is 0 Å². The molecule has 0 aliphatic rings. The van der Waals surface area contributed by atoms with Gasteiger partial charge in [-0.2, -0.15) is 0 Å². The number of hydrogen-bond acceptors (Lipinski definition) is 2. The summed E-state index contributed by atoms with van der Waals surface area (Å²) in [4.78, 5) is 6.29. The van der Waals surface area contributed by atoms with E-state index in [4.69, 9.17) is 0 Å². The van der Waals surface area contributed by atoms with Crippen molar-refractivity contribution in [1.82, 2.24) is 15.5 Å². The quantitative estimate of drug-likeness (QED) is 0.432. The molecule has 0 aliphatic heterocycles. The van der Waals surface area contributed by atoms with Crippen molar-refractivity contribution >= 4 is 29.9 Å². The Morgan fingerprint density at radius 2 is 1.86 bits per heavy atom. The molecule has 2 N–H and O–H groups in total. The van der Waals surface area contributed by atoms with Crippen LogP contribution in [0.5, 0.6) is 0 Å². The fraction of sp³-hybridized carbons (Fsp3) is 0.533. The number of rotatable bonds is 6. The van der Waals surface area contributed by atoms with Gasteiger partial charge in [0.1, 0.15) is 5.82 Å². The zero-order valence-corrected chi connectivity index (χ0v) is 15.5. The Hall–Kier alpha value is -0.890. The first-order valence-electron chi connectivity index (χ1n) is 6.94. The lowest BCUT2D eigenvalue weighted by molar-refractivity contribution is 0.298. The first-order chi connectivity index (χ1) is 9.58. The van der Waals surface area contributed by atoms with E-state index in [1.54, 1.807) is 7.05 Å². The van der Waals surface area contributed by atoms with Gasteiger partial charge in [0.25, 0.3) is 0 Å². The van der Waals surface area contributed by atoms with E-state index in [1.165, 1.54) is 12.1 Å². The number of hydrogen-bond donors (Lipinski definition) is 2. The minimum absolute atomic E-state index is 0. The maximum absolute atomic E-state index is 13.0. The van der Waals surface area contributed by atoms with Crippen molar-refractivity contribution in [2.24, 2.45) is 4.99 Å². The maximum Gasteiger partial charge on any atom is 0.191 e. The average Bonchev–Trinajstić information content (AvgIpc) is 2.44. The molecule has 1 unspecified atom stereocenters. The molecular weight excluding hydrogens is 382 g/mol. The highest BCUT2D eigenvalue weighted by Crippen LogP contribution is 2.17. The molecule has 21 heavy (non-hydrogen) atoms. The molecule has 0 aliphatic carbocycles. The lowest BCUT2D eigenvalue weighted by atomic mass is 10.1. The Bertz CT molecular complexity index is 420. The van der Waals surface area contributed by atoms with Crippen molar-refractivity contribution in [3.8, 4) is 0 Å². The Morgan fingerprint density at radius 3 is 2.33 bits per heavy atom. The predicted octanol–water partition coefficient (Wildman–Crippen LogP) is 2.62. The Morgan fingerprint density at radius 1 is 1.24 bits per heavy atom. The molecule has 0 heterocycles. The summed E-state index contributed by atoms with van der Waals surface area (Å²) in [7, 11) is 5.78. The van der Waals surface area contributed by atoms with Crippen LogP contribution in [-0.2, 0) is 0 Å². The largest absolute Gasteiger partial charge is 0.356 e. The Labute approximate surface area is 144 Å². The van der Waals surface area contributed by atoms with Crippen molar-refractivity contribution in [2.45, 2.75) is 19.4 Å². The van der Waals surface area contributed by atoms with Crippen LogP contribution >= 0.6 is 24.0 Å². The molecular formula is C15H26FIN4. The number of halogens is 2. The molecule has 0 bridgehead atoms. The van der Waals surface area contributed by atoms with Crippen LogP contribution < -0.4 is 10.6 Å². The van der Waals surface area contributed by atoms with E-state index >= 15 is 0 Å². The number of likely N-dealkylation sites (N-methyl/N-ethyl adjacent to an activating group) is 1. The standard InChI is InChI=1S/C15H25FN4.HI/c1-5-10-18-15(17-2)19-11-14(20(3)4)12-6-8-13(16)9-7-12;/h6-9,14H,5,10-11H2,1-4H3,(H2,17,18,19);1H. The summed E-state index contributed by atoms with van der Waals surface area (Å²) in [5.74, 6) is 0.584. The smallest absolute Gasteiger partial charge is 0.191 e. The van der Waals surface area contributed by atoms with Gasteiger partial charge in [-0.1, -0.05) is 19.1 Å². The van der Waals surface area contributed by atoms with Crippen LogP contribution in [0.3, 0.4) is 0 Å². The zero-order chi connectivity index (χ0) is 15.0. The molecule has 0 saturated heterocycles. The summed E-state index contributed by atoms with van der Waals surface area (Å²) in [6.07, 6.45) is 1.05. The van der Waals surface area contributed by atoms with Crippen LogP contribution in [0.1, 0.15) is 24.9 Å². The third-order valence-electron chi connectivity index (χ3n) is 3.11. The lowest BCUT2D eigenvalue weighted by Crippen LogP contribution is -2.41. The third kappa shape index (κ3) is 7.08. The molecule has 1 rings (SSSR count). The van der Waals surface area contributed by atoms with Crippen molar-refractivity contribution < 1.29 is 4.39 Å². The van der Waals surface area contributed by atoms with E-state index in [0.717, 1.165) is 24.5 Å². The molecule has 1 aromatic rings. The van der Waals surface area contributed by atoms with Gasteiger partial charge in [-0.25, -0.2) is 4.39 Å². The van der Waals surface area contributed by atoms with Crippen LogP contribution in [0, 0.1) is 5.82 Å². The maximum atomic E-state index is 13.0. The highest BCUT2D eigenvalue weighted by molar-refractivity contribution is 14.0. The van der Waals surface area contributed by atoms with Crippen LogP contribution in [0.25, 0.3) is 0 Å². The van der Waals surface area contributed by atoms with Gasteiger partial charge in [0.15, 0.2) is 5.96 Å². The summed E-state index contributed by atoms with van der Waals surface area (Å²) in [6, 6.07) is 6.80. The summed E-state index contributed by atoms with van der Waals surface area (Å²) >= 11 is 0. The second-order valence-corrected chi connectivity index (χ2v) is 4.91. The summed E-state index contributed by atoms with van der Waals surface area (Å²) in [5.41, 5.74) is 1.08. The molecule has 4 nitrogen and oxygen atoms in total. The molecule has 0 aromatic heterocycles. The number of benzene rings is 1. The van der Waals surface area contributed by atoms with Crippen molar-refractivity contribution in [1.29, 1.82) is 0 Å². The number of guanidine groups is 1. The second kappa shape index (κ2) is 10.8. The number of nitrogens with zero attached hydrogens (tertiary/aromatic N) is 2. The van der Waals surface area contributed by atoms with Crippen molar-refractivity contribution in [2.75, 3.05) is 34.2 Å². The monoisotopic (exact) mass is 408 g/mol. The highest BCUT2D eigenvalue weighted by Gasteiger charge is 2.14. The fourth-order valence-electron chi connectivity index (χ4n) is 1.94. The van der Waals surface area contributed by atoms with Gasteiger partial charge in [-0.05, 0) is 38.2 Å². The number of aliphatic imine (C=N–C) groups is 1. The van der Waals surface area contributed by atoms with E-state index in [9.17, 15) is 4.39 Å². The van der Waals surface area contributed by atoms with E-state index in [2.05, 4.69) is 27.4 Å². The Kier molecular flexibility index (Phi) is 10.3. The topological polar surface area (TPSA) is 39.7 Å². The predicted molar refractivity (Wildman–Crippen MR) is 97.9 cm³/mol. The van der Waals surface area contributed by atoms with E-state index in [-0.39, 0.29) is 35.8 Å². The van der Waals surface area contributed by atoms with Crippen molar-refractivity contribution in [3.05, 3.63) is 35.6 Å². The van der Waals surface area contributed by atoms with Gasteiger partial charge < -0.3 is 15.5 Å². The summed E-state index contributed by atoms with van der Waals surface area (Å²) in [5, 5.41) is 6.54. The first kappa shape index (κ1) is 20.1. The van der Waals surface area contributed by atoms with Gasteiger partial charge >= 0.3 is 0 Å². The molecule has 0 fully saturated rings. The SMILES string of the molecule is CCCNC(=NC)NCC(c1ccc(F)cc1)N(C)C.I. The molecule has 0 spiro atoms. The fourth-order valence-corrected chi connectivity index (χ4v) is 1.94. The zero-order valence-electron chi connectivity index (χ0n) is 13.2. The molecule has 0 saturated carbocycles. The second-order valence-electron chi connectivity index (χ2n) is 4.91. The van der Waals surface area contributed by atoms with Crippen LogP contribution in [0.4, 0.5) is 4.39 Å². The Balaban J connectivity index is 0.00000400. The summed E-state index contributed by atoms with van der Waals surface area (Å²) < 4.78 is 13.0. The molecule has 6 heteroatoms. The van der Waals surface area contributed by atoms with Crippen molar-refractivity contribution in [3.63, 3.8) is 0 Å². The van der Waals surface area contributed by atoms with Gasteiger partial charge in [0.05, 0.1) is 6.04 Å². The summed E-state index contributed by atoms with van der Waals surface area (Å²) in [6.45, 7) is 3.71. The number of nitrogens with one attached hydrogen (secondary N) is 2. The minimum Gasteiger partial charge on any atom is -0.356 e. The van der Waals surface area contributed by atoms with E-state index < -0.39 is 0 Å². The van der Waals surface area contributed by atoms with E-state index in [0.29, 0.717) is 6.54 Å². The lowest BCUT2D eigenvalue weighted by Gasteiger charge is -2.26. The van der Waals surface area contributed by atoms with Crippen LogP contribution in [0.15, 0.2) is 29.3 Å². The molecule has 1 atom stereocenters. The highest BCUT2D eigenvalue weighted by atomic mass is 127. The molecule has 0 amide bonds. The molecule has 1 aromatic carbocycles. The van der Waals surface area contributed by atoms with E-state index in [1.807, 2.05) is 26.2 Å². The van der Waals surface area contributed by atoms with Crippen LogP contribution in [0.2, 0.25) is 0 Å². The first-order valence-corrected chi connectivity index (χ1v) is 6.94.